The molecule has 10 aromatic rings. The Bertz CT molecular complexity index is 2960. The maximum Gasteiger partial charge on any atom is 0.0541 e. The summed E-state index contributed by atoms with van der Waals surface area (Å²) in [5, 5.41) is 5.14. The first kappa shape index (κ1) is 35.3. The van der Waals surface area contributed by atoms with Crippen LogP contribution in [0.15, 0.2) is 218 Å². The quantitative estimate of drug-likeness (QED) is 0.128. The van der Waals surface area contributed by atoms with Crippen LogP contribution in [0.25, 0.3) is 49.4 Å². The number of hydrogen-bond donors (Lipinski definition) is 0. The summed E-state index contributed by atoms with van der Waals surface area (Å²) in [7, 11) is 0. The molecule has 0 aliphatic carbocycles. The number of anilines is 2. The molecule has 0 saturated heterocycles. The molecule has 0 aliphatic rings. The van der Waals surface area contributed by atoms with Gasteiger partial charge >= 0.3 is 0 Å². The average Bonchev–Trinajstić information content (AvgIpc) is 3.63. The van der Waals surface area contributed by atoms with Crippen LogP contribution in [0.1, 0.15) is 27.8 Å². The van der Waals surface area contributed by atoms with Crippen LogP contribution in [0.3, 0.4) is 0 Å². The van der Waals surface area contributed by atoms with Gasteiger partial charge in [-0.3, -0.25) is 0 Å². The van der Waals surface area contributed by atoms with Crippen LogP contribution in [-0.2, 0) is 25.8 Å². The smallest absolute Gasteiger partial charge is 0.0541 e. The van der Waals surface area contributed by atoms with Crippen LogP contribution in [0.5, 0.6) is 0 Å². The minimum atomic E-state index is 0.736. The van der Waals surface area contributed by atoms with Crippen molar-refractivity contribution >= 4 is 44.0 Å². The molecule has 0 aliphatic heterocycles. The summed E-state index contributed by atoms with van der Waals surface area (Å²) in [6, 6.07) is 79.9. The fourth-order valence-corrected chi connectivity index (χ4v) is 8.93. The van der Waals surface area contributed by atoms with Gasteiger partial charge in [0.2, 0.25) is 0 Å². The second kappa shape index (κ2) is 15.8. The molecular formula is C56H44N2. The summed E-state index contributed by atoms with van der Waals surface area (Å²) in [6.07, 6.45) is 2.66. The third kappa shape index (κ3) is 6.84. The van der Waals surface area contributed by atoms with Crippen LogP contribution in [0.2, 0.25) is 0 Å². The van der Waals surface area contributed by atoms with Crippen LogP contribution < -0.4 is 4.90 Å². The molecular weight excluding hydrogens is 701 g/mol. The molecule has 58 heavy (non-hydrogen) atoms. The number of aryl methyl sites for hydroxylation is 2. The third-order valence-electron chi connectivity index (χ3n) is 11.7. The Hall–Kier alpha value is -7.16. The molecule has 278 valence electrons. The lowest BCUT2D eigenvalue weighted by Gasteiger charge is -2.30. The lowest BCUT2D eigenvalue weighted by atomic mass is 9.95. The Morgan fingerprint density at radius 1 is 0.379 bits per heavy atom. The zero-order valence-corrected chi connectivity index (χ0v) is 32.5. The monoisotopic (exact) mass is 744 g/mol. The van der Waals surface area contributed by atoms with Crippen LogP contribution >= 0.6 is 0 Å². The number of benzene rings is 9. The number of hydrogen-bond acceptors (Lipinski definition) is 1. The summed E-state index contributed by atoms with van der Waals surface area (Å²) in [5.41, 5.74) is 15.2. The highest BCUT2D eigenvalue weighted by Crippen LogP contribution is 2.38. The Labute approximate surface area is 340 Å². The Balaban J connectivity index is 1.08. The standard InChI is InChI=1S/C56H44N2/c1-3-19-41(20-4-1)37-46-25-10-16-32-54(46)57(40-47-26-8-12-27-49(47)42-21-5-2-6-22-42)53-31-15-9-23-43(53)35-36-45-39-48(38-44-24-7-11-28-50(44)45)58-55-33-17-13-29-51(55)52-30-14-18-34-56(52)58/h1-34,38-39H,35-37,40H2. The SMILES string of the molecule is c1ccc(Cc2ccccc2N(Cc2ccccc2-c2ccccc2)c2ccccc2CCc2cc(-n3c4ccccc4c4ccccc43)cc3ccccc23)cc1. The van der Waals surface area contributed by atoms with E-state index in [0.29, 0.717) is 0 Å². The summed E-state index contributed by atoms with van der Waals surface area (Å²) >= 11 is 0. The Morgan fingerprint density at radius 2 is 0.897 bits per heavy atom. The van der Waals surface area contributed by atoms with Gasteiger partial charge in [-0.25, -0.2) is 0 Å². The van der Waals surface area contributed by atoms with Gasteiger partial charge in [0.15, 0.2) is 0 Å². The van der Waals surface area contributed by atoms with E-state index in [1.165, 1.54) is 88.6 Å². The molecule has 0 amide bonds. The van der Waals surface area contributed by atoms with Gasteiger partial charge in [0.05, 0.1) is 11.0 Å². The lowest BCUT2D eigenvalue weighted by Crippen LogP contribution is -2.20. The summed E-state index contributed by atoms with van der Waals surface area (Å²) < 4.78 is 2.45. The van der Waals surface area contributed by atoms with E-state index < -0.39 is 0 Å². The highest BCUT2D eigenvalue weighted by atomic mass is 15.1. The Kier molecular flexibility index (Phi) is 9.59. The van der Waals surface area contributed by atoms with E-state index in [2.05, 4.69) is 228 Å². The maximum atomic E-state index is 2.57. The molecule has 0 saturated carbocycles. The van der Waals surface area contributed by atoms with E-state index >= 15 is 0 Å². The van der Waals surface area contributed by atoms with Crippen molar-refractivity contribution in [2.45, 2.75) is 25.8 Å². The zero-order chi connectivity index (χ0) is 38.7. The molecule has 1 heterocycles. The normalized spacial score (nSPS) is 11.4. The van der Waals surface area contributed by atoms with Crippen molar-refractivity contribution in [3.05, 3.63) is 246 Å². The molecule has 0 unspecified atom stereocenters. The van der Waals surface area contributed by atoms with Crippen molar-refractivity contribution in [2.24, 2.45) is 0 Å². The van der Waals surface area contributed by atoms with E-state index in [4.69, 9.17) is 0 Å². The zero-order valence-electron chi connectivity index (χ0n) is 32.5. The second-order valence-electron chi connectivity index (χ2n) is 15.2. The van der Waals surface area contributed by atoms with Gasteiger partial charge in [0, 0.05) is 34.4 Å². The van der Waals surface area contributed by atoms with Crippen molar-refractivity contribution < 1.29 is 0 Å². The van der Waals surface area contributed by atoms with Gasteiger partial charge < -0.3 is 9.47 Å². The van der Waals surface area contributed by atoms with Crippen molar-refractivity contribution in [2.75, 3.05) is 4.90 Å². The minimum absolute atomic E-state index is 0.736. The van der Waals surface area contributed by atoms with Crippen molar-refractivity contribution in [3.63, 3.8) is 0 Å². The molecule has 0 fully saturated rings. The van der Waals surface area contributed by atoms with Gasteiger partial charge in [0.25, 0.3) is 0 Å². The molecule has 0 radical (unpaired) electrons. The highest BCUT2D eigenvalue weighted by Gasteiger charge is 2.20. The molecule has 0 spiro atoms. The molecule has 0 atom stereocenters. The number of para-hydroxylation sites is 4. The molecule has 9 aromatic carbocycles. The van der Waals surface area contributed by atoms with Crippen molar-refractivity contribution in [3.8, 4) is 16.8 Å². The summed E-state index contributed by atoms with van der Waals surface area (Å²) in [4.78, 5) is 2.57. The van der Waals surface area contributed by atoms with E-state index in [9.17, 15) is 0 Å². The number of aromatic nitrogens is 1. The second-order valence-corrected chi connectivity index (χ2v) is 15.2. The predicted molar refractivity (Wildman–Crippen MR) is 246 cm³/mol. The minimum Gasteiger partial charge on any atom is -0.337 e. The topological polar surface area (TPSA) is 8.17 Å². The molecule has 10 rings (SSSR count). The van der Waals surface area contributed by atoms with Gasteiger partial charge in [-0.1, -0.05) is 182 Å². The van der Waals surface area contributed by atoms with E-state index in [-0.39, 0.29) is 0 Å². The van der Waals surface area contributed by atoms with Gasteiger partial charge in [-0.2, -0.15) is 0 Å². The maximum absolute atomic E-state index is 2.57. The van der Waals surface area contributed by atoms with E-state index in [1.54, 1.807) is 0 Å². The van der Waals surface area contributed by atoms with Crippen LogP contribution in [0.4, 0.5) is 11.4 Å². The van der Waals surface area contributed by atoms with Gasteiger partial charge in [0.1, 0.15) is 0 Å². The van der Waals surface area contributed by atoms with Crippen LogP contribution in [-0.4, -0.2) is 4.57 Å². The van der Waals surface area contributed by atoms with E-state index in [1.807, 2.05) is 0 Å². The highest BCUT2D eigenvalue weighted by molar-refractivity contribution is 6.09. The predicted octanol–water partition coefficient (Wildman–Crippen LogP) is 14.3. The van der Waals surface area contributed by atoms with E-state index in [0.717, 1.165) is 25.8 Å². The van der Waals surface area contributed by atoms with Crippen LogP contribution in [0, 0.1) is 0 Å². The fourth-order valence-electron chi connectivity index (χ4n) is 8.93. The largest absolute Gasteiger partial charge is 0.337 e. The molecule has 1 aromatic heterocycles. The lowest BCUT2D eigenvalue weighted by molar-refractivity contribution is 0.917. The van der Waals surface area contributed by atoms with Crippen molar-refractivity contribution in [1.82, 2.24) is 4.57 Å². The fraction of sp³-hybridized carbons (Fsp3) is 0.0714. The van der Waals surface area contributed by atoms with Crippen molar-refractivity contribution in [1.29, 1.82) is 0 Å². The molecule has 0 N–H and O–H groups in total. The average molecular weight is 745 g/mol. The number of fused-ring (bicyclic) bond motifs is 4. The Morgan fingerprint density at radius 3 is 1.62 bits per heavy atom. The molecule has 0 bridgehead atoms. The number of nitrogens with zero attached hydrogens (tertiary/aromatic N) is 2. The molecule has 2 heteroatoms. The first-order valence-electron chi connectivity index (χ1n) is 20.4. The van der Waals surface area contributed by atoms with Gasteiger partial charge in [-0.05, 0) is 105 Å². The third-order valence-corrected chi connectivity index (χ3v) is 11.7. The molecule has 2 nitrogen and oxygen atoms in total. The first-order valence-corrected chi connectivity index (χ1v) is 20.4. The summed E-state index contributed by atoms with van der Waals surface area (Å²) in [5.74, 6) is 0. The first-order chi connectivity index (χ1) is 28.8. The number of rotatable bonds is 11. The summed E-state index contributed by atoms with van der Waals surface area (Å²) in [6.45, 7) is 0.736. The van der Waals surface area contributed by atoms with Gasteiger partial charge in [-0.15, -0.1) is 0 Å².